The zero-order chi connectivity index (χ0) is 8.77. The molecule has 0 aliphatic heterocycles. The molecule has 0 bridgehead atoms. The Bertz CT molecular complexity index is 214. The van der Waals surface area contributed by atoms with Gasteiger partial charge in [0.1, 0.15) is 0 Å². The second-order valence-electron chi connectivity index (χ2n) is 5.11. The molecule has 0 spiro atoms. The van der Waals surface area contributed by atoms with E-state index in [0.717, 1.165) is 11.8 Å². The molecule has 0 heteroatoms. The molecule has 2 fully saturated rings. The fraction of sp³-hybridized carbons (Fsp3) is 0.833. The molecule has 2 rings (SSSR count). The summed E-state index contributed by atoms with van der Waals surface area (Å²) in [6.07, 6.45) is 8.16. The Morgan fingerprint density at radius 1 is 1.50 bits per heavy atom. The average molecular weight is 164 g/mol. The van der Waals surface area contributed by atoms with Crippen molar-refractivity contribution in [2.24, 2.45) is 17.3 Å². The van der Waals surface area contributed by atoms with E-state index >= 15 is 0 Å². The highest BCUT2D eigenvalue weighted by Crippen LogP contribution is 2.63. The molecule has 3 unspecified atom stereocenters. The summed E-state index contributed by atoms with van der Waals surface area (Å²) in [5.41, 5.74) is 2.28. The van der Waals surface area contributed by atoms with Gasteiger partial charge in [0.15, 0.2) is 0 Å². The van der Waals surface area contributed by atoms with Crippen LogP contribution in [0.4, 0.5) is 0 Å². The minimum Gasteiger partial charge on any atom is -0.0887 e. The maximum absolute atomic E-state index is 2.49. The van der Waals surface area contributed by atoms with Crippen molar-refractivity contribution in [3.8, 4) is 0 Å². The molecule has 12 heavy (non-hydrogen) atoms. The lowest BCUT2D eigenvalue weighted by atomic mass is 9.44. The zero-order valence-corrected chi connectivity index (χ0v) is 8.56. The quantitative estimate of drug-likeness (QED) is 0.545. The van der Waals surface area contributed by atoms with E-state index in [1.54, 1.807) is 5.57 Å². The first kappa shape index (κ1) is 8.34. The lowest BCUT2D eigenvalue weighted by Gasteiger charge is -2.61. The zero-order valence-electron chi connectivity index (χ0n) is 8.56. The summed E-state index contributed by atoms with van der Waals surface area (Å²) in [5, 5.41) is 0. The molecule has 68 valence electrons. The highest BCUT2D eigenvalue weighted by atomic mass is 14.6. The Kier molecular flexibility index (Phi) is 1.82. The standard InChI is InChI=1S/C12H20/c1-4-9(2)7-12(3)8-10-5-6-11(10)12/h4,10-11H,5-8H2,1-3H3. The molecule has 2 saturated carbocycles. The van der Waals surface area contributed by atoms with Gasteiger partial charge >= 0.3 is 0 Å². The SMILES string of the molecule is CC=C(C)CC1(C)CC2CCC21. The third-order valence-corrected chi connectivity index (χ3v) is 4.22. The van der Waals surface area contributed by atoms with Gasteiger partial charge in [0.25, 0.3) is 0 Å². The van der Waals surface area contributed by atoms with E-state index in [0.29, 0.717) is 5.41 Å². The Balaban J connectivity index is 1.95. The van der Waals surface area contributed by atoms with Crippen LogP contribution in [0.25, 0.3) is 0 Å². The van der Waals surface area contributed by atoms with Gasteiger partial charge in [-0.15, -0.1) is 0 Å². The first-order valence-corrected chi connectivity index (χ1v) is 5.27. The Morgan fingerprint density at radius 2 is 2.25 bits per heavy atom. The van der Waals surface area contributed by atoms with Crippen LogP contribution < -0.4 is 0 Å². The summed E-state index contributed by atoms with van der Waals surface area (Å²) < 4.78 is 0. The predicted molar refractivity (Wildman–Crippen MR) is 53.0 cm³/mol. The van der Waals surface area contributed by atoms with Crippen LogP contribution in [0, 0.1) is 17.3 Å². The van der Waals surface area contributed by atoms with Gasteiger partial charge in [0.2, 0.25) is 0 Å². The molecular formula is C12H20. The molecule has 0 radical (unpaired) electrons. The maximum atomic E-state index is 2.49. The molecule has 0 aromatic carbocycles. The topological polar surface area (TPSA) is 0 Å². The molecular weight excluding hydrogens is 144 g/mol. The molecule has 0 aromatic heterocycles. The minimum atomic E-state index is 0.694. The second kappa shape index (κ2) is 2.61. The van der Waals surface area contributed by atoms with E-state index in [1.807, 2.05) is 0 Å². The molecule has 3 atom stereocenters. The number of rotatable bonds is 2. The fourth-order valence-electron chi connectivity index (χ4n) is 3.26. The largest absolute Gasteiger partial charge is 0.0887 e. The molecule has 0 nitrogen and oxygen atoms in total. The average Bonchev–Trinajstić information content (AvgIpc) is 1.99. The lowest BCUT2D eigenvalue weighted by molar-refractivity contribution is -0.103. The maximum Gasteiger partial charge on any atom is -0.0255 e. The van der Waals surface area contributed by atoms with Crippen LogP contribution in [0.1, 0.15) is 46.5 Å². The number of hydrogen-bond acceptors (Lipinski definition) is 0. The second-order valence-corrected chi connectivity index (χ2v) is 5.11. The van der Waals surface area contributed by atoms with Crippen LogP contribution in [-0.2, 0) is 0 Å². The number of fused-ring (bicyclic) bond motifs is 1. The van der Waals surface area contributed by atoms with Crippen molar-refractivity contribution in [1.29, 1.82) is 0 Å². The first-order valence-electron chi connectivity index (χ1n) is 5.27. The van der Waals surface area contributed by atoms with E-state index in [-0.39, 0.29) is 0 Å². The van der Waals surface area contributed by atoms with Crippen molar-refractivity contribution >= 4 is 0 Å². The predicted octanol–water partition coefficient (Wildman–Crippen LogP) is 3.78. The van der Waals surface area contributed by atoms with E-state index in [4.69, 9.17) is 0 Å². The number of allylic oxidation sites excluding steroid dienone is 2. The van der Waals surface area contributed by atoms with Crippen LogP contribution in [0.2, 0.25) is 0 Å². The van der Waals surface area contributed by atoms with E-state index in [2.05, 4.69) is 26.8 Å². The van der Waals surface area contributed by atoms with Crippen molar-refractivity contribution in [3.63, 3.8) is 0 Å². The molecule has 2 aliphatic carbocycles. The van der Waals surface area contributed by atoms with Gasteiger partial charge in [-0.3, -0.25) is 0 Å². The minimum absolute atomic E-state index is 0.694. The smallest absolute Gasteiger partial charge is 0.0255 e. The molecule has 0 saturated heterocycles. The Morgan fingerprint density at radius 3 is 2.58 bits per heavy atom. The van der Waals surface area contributed by atoms with Crippen LogP contribution in [0.15, 0.2) is 11.6 Å². The van der Waals surface area contributed by atoms with E-state index in [1.165, 1.54) is 25.7 Å². The summed E-state index contributed by atoms with van der Waals surface area (Å²) in [6, 6.07) is 0. The third-order valence-electron chi connectivity index (χ3n) is 4.22. The highest BCUT2D eigenvalue weighted by molar-refractivity contribution is 5.11. The normalized spacial score (nSPS) is 46.1. The van der Waals surface area contributed by atoms with Crippen LogP contribution in [0.5, 0.6) is 0 Å². The monoisotopic (exact) mass is 164 g/mol. The summed E-state index contributed by atoms with van der Waals surface area (Å²) in [6.45, 7) is 6.92. The highest BCUT2D eigenvalue weighted by Gasteiger charge is 2.54. The lowest BCUT2D eigenvalue weighted by Crippen LogP contribution is -2.52. The molecule has 0 aromatic rings. The van der Waals surface area contributed by atoms with Gasteiger partial charge in [-0.1, -0.05) is 18.6 Å². The van der Waals surface area contributed by atoms with Gasteiger partial charge in [-0.2, -0.15) is 0 Å². The van der Waals surface area contributed by atoms with Crippen molar-refractivity contribution in [2.75, 3.05) is 0 Å². The molecule has 0 heterocycles. The van der Waals surface area contributed by atoms with Gasteiger partial charge in [0.05, 0.1) is 0 Å². The molecule has 0 amide bonds. The Hall–Kier alpha value is -0.260. The van der Waals surface area contributed by atoms with Gasteiger partial charge < -0.3 is 0 Å². The summed E-state index contributed by atoms with van der Waals surface area (Å²) >= 11 is 0. The van der Waals surface area contributed by atoms with Gasteiger partial charge in [-0.05, 0) is 56.8 Å². The van der Waals surface area contributed by atoms with Crippen LogP contribution in [0.3, 0.4) is 0 Å². The third kappa shape index (κ3) is 1.04. The fourth-order valence-corrected chi connectivity index (χ4v) is 3.26. The first-order chi connectivity index (χ1) is 5.65. The van der Waals surface area contributed by atoms with Crippen LogP contribution >= 0.6 is 0 Å². The van der Waals surface area contributed by atoms with E-state index in [9.17, 15) is 0 Å². The Labute approximate surface area is 76.1 Å². The van der Waals surface area contributed by atoms with Crippen molar-refractivity contribution < 1.29 is 0 Å². The van der Waals surface area contributed by atoms with E-state index < -0.39 is 0 Å². The van der Waals surface area contributed by atoms with Crippen molar-refractivity contribution in [3.05, 3.63) is 11.6 Å². The van der Waals surface area contributed by atoms with Gasteiger partial charge in [0, 0.05) is 0 Å². The summed E-state index contributed by atoms with van der Waals surface area (Å²) in [7, 11) is 0. The summed E-state index contributed by atoms with van der Waals surface area (Å²) in [4.78, 5) is 0. The van der Waals surface area contributed by atoms with Crippen molar-refractivity contribution in [2.45, 2.75) is 46.5 Å². The van der Waals surface area contributed by atoms with Gasteiger partial charge in [-0.25, -0.2) is 0 Å². The van der Waals surface area contributed by atoms with Crippen molar-refractivity contribution in [1.82, 2.24) is 0 Å². The van der Waals surface area contributed by atoms with Crippen LogP contribution in [-0.4, -0.2) is 0 Å². The number of hydrogen-bond donors (Lipinski definition) is 0. The molecule has 0 N–H and O–H groups in total. The molecule has 2 aliphatic rings. The summed E-state index contributed by atoms with van der Waals surface area (Å²) in [5.74, 6) is 2.21.